The van der Waals surface area contributed by atoms with Crippen LogP contribution in [0.25, 0.3) is 0 Å². The minimum Gasteiger partial charge on any atom is -0.491 e. The SMILES string of the molecule is CNC(CC1(OC)CCC1)c1ccccc1OC(C)C. The van der Waals surface area contributed by atoms with Crippen LogP contribution in [0.5, 0.6) is 5.75 Å². The summed E-state index contributed by atoms with van der Waals surface area (Å²) < 4.78 is 11.7. The molecule has 20 heavy (non-hydrogen) atoms. The van der Waals surface area contributed by atoms with E-state index in [2.05, 4.69) is 37.4 Å². The number of hydrogen-bond acceptors (Lipinski definition) is 3. The van der Waals surface area contributed by atoms with Crippen LogP contribution in [-0.4, -0.2) is 25.9 Å². The number of nitrogens with one attached hydrogen (secondary N) is 1. The number of hydrogen-bond donors (Lipinski definition) is 1. The van der Waals surface area contributed by atoms with E-state index in [0.29, 0.717) is 0 Å². The molecule has 0 radical (unpaired) electrons. The van der Waals surface area contributed by atoms with E-state index < -0.39 is 0 Å². The summed E-state index contributed by atoms with van der Waals surface area (Å²) in [6.45, 7) is 4.13. The number of para-hydroxylation sites is 1. The summed E-state index contributed by atoms with van der Waals surface area (Å²) in [6.07, 6.45) is 4.78. The van der Waals surface area contributed by atoms with Crippen molar-refractivity contribution in [3.63, 3.8) is 0 Å². The molecule has 0 spiro atoms. The average molecular weight is 277 g/mol. The van der Waals surface area contributed by atoms with Gasteiger partial charge < -0.3 is 14.8 Å². The fraction of sp³-hybridized carbons (Fsp3) is 0.647. The van der Waals surface area contributed by atoms with Crippen molar-refractivity contribution in [2.75, 3.05) is 14.2 Å². The Morgan fingerprint density at radius 3 is 2.45 bits per heavy atom. The highest BCUT2D eigenvalue weighted by atomic mass is 16.5. The first-order chi connectivity index (χ1) is 9.60. The molecule has 1 unspecified atom stereocenters. The highest BCUT2D eigenvalue weighted by Crippen LogP contribution is 2.43. The summed E-state index contributed by atoms with van der Waals surface area (Å²) in [5.74, 6) is 0.979. The van der Waals surface area contributed by atoms with Crippen LogP contribution < -0.4 is 10.1 Å². The number of rotatable bonds is 7. The maximum atomic E-state index is 5.95. The molecule has 0 bridgehead atoms. The fourth-order valence-corrected chi connectivity index (χ4v) is 2.93. The number of methoxy groups -OCH3 is 1. The van der Waals surface area contributed by atoms with E-state index in [1.165, 1.54) is 12.0 Å². The number of ether oxygens (including phenoxy) is 2. The van der Waals surface area contributed by atoms with Gasteiger partial charge in [0.25, 0.3) is 0 Å². The van der Waals surface area contributed by atoms with Crippen LogP contribution in [0.2, 0.25) is 0 Å². The van der Waals surface area contributed by atoms with Crippen LogP contribution >= 0.6 is 0 Å². The molecule has 0 heterocycles. The Labute approximate surface area is 122 Å². The van der Waals surface area contributed by atoms with Crippen molar-refractivity contribution in [2.45, 2.75) is 57.3 Å². The van der Waals surface area contributed by atoms with E-state index in [0.717, 1.165) is 25.0 Å². The third-order valence-corrected chi connectivity index (χ3v) is 4.28. The lowest BCUT2D eigenvalue weighted by Crippen LogP contribution is -2.42. The van der Waals surface area contributed by atoms with Gasteiger partial charge in [0.2, 0.25) is 0 Å². The fourth-order valence-electron chi connectivity index (χ4n) is 2.93. The zero-order valence-electron chi connectivity index (χ0n) is 13.1. The smallest absolute Gasteiger partial charge is 0.124 e. The van der Waals surface area contributed by atoms with E-state index in [4.69, 9.17) is 9.47 Å². The van der Waals surface area contributed by atoms with E-state index in [1.54, 1.807) is 0 Å². The third kappa shape index (κ3) is 3.33. The van der Waals surface area contributed by atoms with Crippen molar-refractivity contribution in [3.8, 4) is 5.75 Å². The quantitative estimate of drug-likeness (QED) is 0.824. The predicted octanol–water partition coefficient (Wildman–Crippen LogP) is 3.69. The van der Waals surface area contributed by atoms with Gasteiger partial charge in [0.15, 0.2) is 0 Å². The molecule has 0 saturated heterocycles. The Kier molecular flexibility index (Phi) is 5.06. The summed E-state index contributed by atoms with van der Waals surface area (Å²) in [5.41, 5.74) is 1.28. The van der Waals surface area contributed by atoms with Crippen molar-refractivity contribution < 1.29 is 9.47 Å². The molecule has 1 atom stereocenters. The van der Waals surface area contributed by atoms with Crippen LogP contribution in [0.4, 0.5) is 0 Å². The standard InChI is InChI=1S/C17H27NO2/c1-13(2)20-16-9-6-5-8-14(16)15(18-3)12-17(19-4)10-7-11-17/h5-6,8-9,13,15,18H,7,10-12H2,1-4H3. The van der Waals surface area contributed by atoms with Crippen molar-refractivity contribution in [1.82, 2.24) is 5.32 Å². The Morgan fingerprint density at radius 1 is 1.25 bits per heavy atom. The monoisotopic (exact) mass is 277 g/mol. The van der Waals surface area contributed by atoms with Gasteiger partial charge >= 0.3 is 0 Å². The summed E-state index contributed by atoms with van der Waals surface area (Å²) >= 11 is 0. The van der Waals surface area contributed by atoms with Crippen molar-refractivity contribution in [3.05, 3.63) is 29.8 Å². The molecule has 1 N–H and O–H groups in total. The van der Waals surface area contributed by atoms with Crippen molar-refractivity contribution in [1.29, 1.82) is 0 Å². The first-order valence-corrected chi connectivity index (χ1v) is 7.58. The Morgan fingerprint density at radius 2 is 1.95 bits per heavy atom. The van der Waals surface area contributed by atoms with Gasteiger partial charge in [0.05, 0.1) is 11.7 Å². The highest BCUT2D eigenvalue weighted by molar-refractivity contribution is 5.36. The lowest BCUT2D eigenvalue weighted by atomic mass is 9.74. The normalized spacial score (nSPS) is 18.6. The van der Waals surface area contributed by atoms with Crippen LogP contribution in [0.3, 0.4) is 0 Å². The minimum absolute atomic E-state index is 0.0542. The lowest BCUT2D eigenvalue weighted by Gasteiger charge is -2.43. The first-order valence-electron chi connectivity index (χ1n) is 7.58. The van der Waals surface area contributed by atoms with Crippen molar-refractivity contribution >= 4 is 0 Å². The van der Waals surface area contributed by atoms with Gasteiger partial charge in [0.1, 0.15) is 5.75 Å². The van der Waals surface area contributed by atoms with E-state index in [9.17, 15) is 0 Å². The van der Waals surface area contributed by atoms with Crippen LogP contribution in [0, 0.1) is 0 Å². The minimum atomic E-state index is 0.0542. The molecular formula is C17H27NO2. The molecule has 2 rings (SSSR count). The van der Waals surface area contributed by atoms with E-state index in [-0.39, 0.29) is 17.7 Å². The van der Waals surface area contributed by atoms with Gasteiger partial charge in [-0.25, -0.2) is 0 Å². The molecule has 1 aromatic rings. The van der Waals surface area contributed by atoms with Gasteiger partial charge in [-0.3, -0.25) is 0 Å². The van der Waals surface area contributed by atoms with Gasteiger partial charge in [-0.15, -0.1) is 0 Å². The zero-order valence-corrected chi connectivity index (χ0v) is 13.1. The largest absolute Gasteiger partial charge is 0.491 e. The predicted molar refractivity (Wildman–Crippen MR) is 82.2 cm³/mol. The topological polar surface area (TPSA) is 30.5 Å². The molecule has 3 heteroatoms. The maximum absolute atomic E-state index is 5.95. The van der Waals surface area contributed by atoms with Gasteiger partial charge in [-0.1, -0.05) is 18.2 Å². The summed E-state index contributed by atoms with van der Waals surface area (Å²) in [5, 5.41) is 3.43. The highest BCUT2D eigenvalue weighted by Gasteiger charge is 2.39. The molecule has 0 aromatic heterocycles. The summed E-state index contributed by atoms with van der Waals surface area (Å²) in [4.78, 5) is 0. The van der Waals surface area contributed by atoms with Gasteiger partial charge in [-0.05, 0) is 52.6 Å². The first kappa shape index (κ1) is 15.3. The molecule has 0 amide bonds. The molecule has 1 aliphatic carbocycles. The molecule has 1 fully saturated rings. The molecule has 1 aromatic carbocycles. The van der Waals surface area contributed by atoms with E-state index in [1.807, 2.05) is 20.2 Å². The van der Waals surface area contributed by atoms with Gasteiger partial charge in [-0.2, -0.15) is 0 Å². The maximum Gasteiger partial charge on any atom is 0.124 e. The molecule has 0 aliphatic heterocycles. The van der Waals surface area contributed by atoms with E-state index >= 15 is 0 Å². The van der Waals surface area contributed by atoms with Crippen molar-refractivity contribution in [2.24, 2.45) is 0 Å². The molecule has 112 valence electrons. The summed E-state index contributed by atoms with van der Waals surface area (Å²) in [6, 6.07) is 8.59. The third-order valence-electron chi connectivity index (χ3n) is 4.28. The molecule has 1 aliphatic rings. The second-order valence-corrected chi connectivity index (χ2v) is 5.99. The Bertz CT molecular complexity index is 421. The molecule has 1 saturated carbocycles. The Hall–Kier alpha value is -1.06. The number of benzene rings is 1. The average Bonchev–Trinajstić information content (AvgIpc) is 2.39. The zero-order chi connectivity index (χ0) is 14.6. The van der Waals surface area contributed by atoms with Crippen LogP contribution in [0.15, 0.2) is 24.3 Å². The summed E-state index contributed by atoms with van der Waals surface area (Å²) in [7, 11) is 3.85. The second kappa shape index (κ2) is 6.59. The lowest BCUT2D eigenvalue weighted by molar-refractivity contribution is -0.0835. The van der Waals surface area contributed by atoms with Crippen LogP contribution in [-0.2, 0) is 4.74 Å². The van der Waals surface area contributed by atoms with Gasteiger partial charge in [0, 0.05) is 18.7 Å². The molecule has 3 nitrogen and oxygen atoms in total. The van der Waals surface area contributed by atoms with Crippen LogP contribution in [0.1, 0.15) is 51.1 Å². The second-order valence-electron chi connectivity index (χ2n) is 5.99. The molecular weight excluding hydrogens is 250 g/mol. The Balaban J connectivity index is 2.18.